The summed E-state index contributed by atoms with van der Waals surface area (Å²) in [7, 11) is 0. The van der Waals surface area contributed by atoms with Gasteiger partial charge in [0.2, 0.25) is 0 Å². The summed E-state index contributed by atoms with van der Waals surface area (Å²) in [4.78, 5) is 11.6. The molecule has 0 heterocycles. The zero-order chi connectivity index (χ0) is 15.9. The van der Waals surface area contributed by atoms with E-state index in [1.165, 1.54) is 12.0 Å². The quantitative estimate of drug-likeness (QED) is 0.774. The zero-order valence-electron chi connectivity index (χ0n) is 13.8. The van der Waals surface area contributed by atoms with E-state index in [0.29, 0.717) is 0 Å². The van der Waals surface area contributed by atoms with Crippen LogP contribution in [0, 0.1) is 5.92 Å². The van der Waals surface area contributed by atoms with Crippen molar-refractivity contribution in [3.8, 4) is 0 Å². The molecule has 0 aliphatic rings. The number of carbonyl (C=O) groups excluding carboxylic acids is 1. The Morgan fingerprint density at radius 1 is 1.19 bits per heavy atom. The van der Waals surface area contributed by atoms with Gasteiger partial charge in [0.1, 0.15) is 5.60 Å². The number of carbonyl (C=O) groups is 1. The maximum Gasteiger partial charge on any atom is 0.412 e. The molecule has 0 fully saturated rings. The van der Waals surface area contributed by atoms with Crippen LogP contribution in [0.4, 0.5) is 10.5 Å². The molecule has 1 rings (SSSR count). The van der Waals surface area contributed by atoms with E-state index < -0.39 is 11.7 Å². The molecule has 4 nitrogen and oxygen atoms in total. The van der Waals surface area contributed by atoms with Gasteiger partial charge in [-0.1, -0.05) is 26.0 Å². The monoisotopic (exact) mass is 292 g/mol. The summed E-state index contributed by atoms with van der Waals surface area (Å²) in [5.41, 5.74) is 1.47. The highest BCUT2D eigenvalue weighted by Crippen LogP contribution is 2.13. The van der Waals surface area contributed by atoms with Crippen LogP contribution in [0.15, 0.2) is 24.3 Å². The summed E-state index contributed by atoms with van der Waals surface area (Å²) in [6, 6.07) is 7.80. The molecule has 0 atom stereocenters. The second kappa shape index (κ2) is 8.03. The lowest BCUT2D eigenvalue weighted by molar-refractivity contribution is 0.0636. The largest absolute Gasteiger partial charge is 0.444 e. The third kappa shape index (κ3) is 8.35. The van der Waals surface area contributed by atoms with Crippen LogP contribution in [0.2, 0.25) is 0 Å². The highest BCUT2D eigenvalue weighted by Gasteiger charge is 2.15. The molecule has 21 heavy (non-hydrogen) atoms. The van der Waals surface area contributed by atoms with Gasteiger partial charge in [0.15, 0.2) is 0 Å². The standard InChI is InChI=1S/C17H28N2O2/c1-13(2)10-11-18-12-14-6-8-15(9-7-14)19-16(20)21-17(3,4)5/h6-9,13,18H,10-12H2,1-5H3,(H,19,20). The predicted octanol–water partition coefficient (Wildman–Crippen LogP) is 4.17. The minimum Gasteiger partial charge on any atom is -0.444 e. The first kappa shape index (κ1) is 17.5. The van der Waals surface area contributed by atoms with Crippen molar-refractivity contribution in [2.24, 2.45) is 5.92 Å². The van der Waals surface area contributed by atoms with Gasteiger partial charge in [-0.15, -0.1) is 0 Å². The predicted molar refractivity (Wildman–Crippen MR) is 87.5 cm³/mol. The lowest BCUT2D eigenvalue weighted by Crippen LogP contribution is -2.27. The normalized spacial score (nSPS) is 11.5. The van der Waals surface area contributed by atoms with E-state index in [4.69, 9.17) is 4.74 Å². The van der Waals surface area contributed by atoms with Crippen LogP contribution in [-0.4, -0.2) is 18.2 Å². The number of hydrogen-bond acceptors (Lipinski definition) is 3. The van der Waals surface area contributed by atoms with Crippen molar-refractivity contribution in [3.05, 3.63) is 29.8 Å². The Morgan fingerprint density at radius 2 is 1.81 bits per heavy atom. The molecule has 0 radical (unpaired) electrons. The average Bonchev–Trinajstić information content (AvgIpc) is 2.34. The van der Waals surface area contributed by atoms with Crippen molar-refractivity contribution < 1.29 is 9.53 Å². The fraction of sp³-hybridized carbons (Fsp3) is 0.588. The number of rotatable bonds is 6. The van der Waals surface area contributed by atoms with E-state index in [9.17, 15) is 4.79 Å². The van der Waals surface area contributed by atoms with Crippen molar-refractivity contribution in [1.29, 1.82) is 0 Å². The Kier molecular flexibility index (Phi) is 6.69. The number of hydrogen-bond donors (Lipinski definition) is 2. The molecule has 0 aromatic heterocycles. The van der Waals surface area contributed by atoms with Crippen molar-refractivity contribution in [3.63, 3.8) is 0 Å². The number of amides is 1. The van der Waals surface area contributed by atoms with Crippen molar-refractivity contribution >= 4 is 11.8 Å². The van der Waals surface area contributed by atoms with Gasteiger partial charge in [-0.25, -0.2) is 4.79 Å². The van der Waals surface area contributed by atoms with Crippen LogP contribution in [-0.2, 0) is 11.3 Å². The van der Waals surface area contributed by atoms with Gasteiger partial charge in [0.25, 0.3) is 0 Å². The third-order valence-electron chi connectivity index (χ3n) is 2.83. The number of nitrogens with one attached hydrogen (secondary N) is 2. The molecule has 0 saturated carbocycles. The highest BCUT2D eigenvalue weighted by atomic mass is 16.6. The summed E-state index contributed by atoms with van der Waals surface area (Å²) in [5.74, 6) is 0.720. The molecule has 0 aliphatic heterocycles. The van der Waals surface area contributed by atoms with Crippen molar-refractivity contribution in [2.45, 2.75) is 53.2 Å². The van der Waals surface area contributed by atoms with Crippen LogP contribution in [0.1, 0.15) is 46.6 Å². The molecule has 0 aliphatic carbocycles. The zero-order valence-corrected chi connectivity index (χ0v) is 13.8. The van der Waals surface area contributed by atoms with Gasteiger partial charge in [-0.05, 0) is 57.4 Å². The van der Waals surface area contributed by atoms with Crippen molar-refractivity contribution in [2.75, 3.05) is 11.9 Å². The van der Waals surface area contributed by atoms with E-state index in [1.54, 1.807) is 0 Å². The molecule has 4 heteroatoms. The molecule has 1 aromatic rings. The van der Waals surface area contributed by atoms with E-state index >= 15 is 0 Å². The maximum atomic E-state index is 11.6. The van der Waals surface area contributed by atoms with Gasteiger partial charge in [0.05, 0.1) is 0 Å². The Morgan fingerprint density at radius 3 is 2.33 bits per heavy atom. The van der Waals surface area contributed by atoms with E-state index in [2.05, 4.69) is 24.5 Å². The Labute approximate surface area is 128 Å². The SMILES string of the molecule is CC(C)CCNCc1ccc(NC(=O)OC(C)(C)C)cc1. The van der Waals surface area contributed by atoms with Crippen LogP contribution >= 0.6 is 0 Å². The molecule has 1 aromatic carbocycles. The smallest absolute Gasteiger partial charge is 0.412 e. The fourth-order valence-electron chi connectivity index (χ4n) is 1.75. The first-order chi connectivity index (χ1) is 9.76. The number of anilines is 1. The van der Waals surface area contributed by atoms with Gasteiger partial charge >= 0.3 is 6.09 Å². The fourth-order valence-corrected chi connectivity index (χ4v) is 1.75. The van der Waals surface area contributed by atoms with E-state index in [-0.39, 0.29) is 0 Å². The molecule has 0 bridgehead atoms. The van der Waals surface area contributed by atoms with Crippen LogP contribution in [0.5, 0.6) is 0 Å². The molecule has 2 N–H and O–H groups in total. The minimum absolute atomic E-state index is 0.426. The van der Waals surface area contributed by atoms with Gasteiger partial charge in [0, 0.05) is 12.2 Å². The Bertz CT molecular complexity index is 433. The van der Waals surface area contributed by atoms with Gasteiger partial charge < -0.3 is 10.1 Å². The first-order valence-corrected chi connectivity index (χ1v) is 7.56. The Balaban J connectivity index is 2.38. The lowest BCUT2D eigenvalue weighted by Gasteiger charge is -2.19. The summed E-state index contributed by atoms with van der Waals surface area (Å²) in [6.07, 6.45) is 0.753. The lowest BCUT2D eigenvalue weighted by atomic mass is 10.1. The van der Waals surface area contributed by atoms with Gasteiger partial charge in [-0.3, -0.25) is 5.32 Å². The van der Waals surface area contributed by atoms with Crippen LogP contribution < -0.4 is 10.6 Å². The minimum atomic E-state index is -0.482. The second-order valence-corrected chi connectivity index (χ2v) is 6.68. The summed E-state index contributed by atoms with van der Waals surface area (Å²) in [6.45, 7) is 11.8. The molecule has 1 amide bonds. The average molecular weight is 292 g/mol. The Hall–Kier alpha value is -1.55. The molecule has 0 saturated heterocycles. The summed E-state index contributed by atoms with van der Waals surface area (Å²) >= 11 is 0. The van der Waals surface area contributed by atoms with E-state index in [0.717, 1.165) is 24.7 Å². The van der Waals surface area contributed by atoms with Gasteiger partial charge in [-0.2, -0.15) is 0 Å². The number of benzene rings is 1. The van der Waals surface area contributed by atoms with Crippen LogP contribution in [0.25, 0.3) is 0 Å². The maximum absolute atomic E-state index is 11.6. The molecule has 118 valence electrons. The van der Waals surface area contributed by atoms with Crippen molar-refractivity contribution in [1.82, 2.24) is 5.32 Å². The first-order valence-electron chi connectivity index (χ1n) is 7.56. The third-order valence-corrected chi connectivity index (χ3v) is 2.83. The highest BCUT2D eigenvalue weighted by molar-refractivity contribution is 5.84. The molecular weight excluding hydrogens is 264 g/mol. The molecule has 0 unspecified atom stereocenters. The molecular formula is C17H28N2O2. The second-order valence-electron chi connectivity index (χ2n) is 6.68. The number of ether oxygens (including phenoxy) is 1. The summed E-state index contributed by atoms with van der Waals surface area (Å²) < 4.78 is 5.21. The summed E-state index contributed by atoms with van der Waals surface area (Å²) in [5, 5.41) is 6.14. The topological polar surface area (TPSA) is 50.4 Å². The molecule has 0 spiro atoms. The van der Waals surface area contributed by atoms with E-state index in [1.807, 2.05) is 45.0 Å². The van der Waals surface area contributed by atoms with Crippen LogP contribution in [0.3, 0.4) is 0 Å².